The Morgan fingerprint density at radius 1 is 1.50 bits per heavy atom. The van der Waals surface area contributed by atoms with Crippen LogP contribution in [0.15, 0.2) is 28.4 Å². The molecule has 0 aromatic heterocycles. The maximum absolute atomic E-state index is 3.38. The van der Waals surface area contributed by atoms with Gasteiger partial charge in [-0.1, -0.05) is 15.9 Å². The Hall–Kier alpha value is 1.09. The van der Waals surface area contributed by atoms with Crippen LogP contribution in [0.3, 0.4) is 0 Å². The summed E-state index contributed by atoms with van der Waals surface area (Å²) < 4.78 is 1.15. The molecule has 0 spiro atoms. The average molecular weight is 362 g/mol. The minimum absolute atomic E-state index is 0. The monoisotopic (exact) mass is 360 g/mol. The smallest absolute Gasteiger partial charge is 0.0385 e. The topological polar surface area (TPSA) is 0 Å². The Morgan fingerprint density at radius 2 is 2.10 bits per heavy atom. The van der Waals surface area contributed by atoms with Gasteiger partial charge in [-0.15, -0.1) is 5.73 Å². The van der Waals surface area contributed by atoms with E-state index >= 15 is 0 Å². The van der Waals surface area contributed by atoms with Crippen LogP contribution in [-0.4, -0.2) is 0 Å². The molecule has 1 aliphatic rings. The third kappa shape index (κ3) is 4.07. The largest absolute Gasteiger partial charge is 1.00 e. The van der Waals surface area contributed by atoms with E-state index in [0.717, 1.165) is 4.48 Å². The van der Waals surface area contributed by atoms with E-state index in [9.17, 15) is 0 Å². The van der Waals surface area contributed by atoms with Crippen molar-refractivity contribution in [3.8, 4) is 0 Å². The number of hydrogen-bond donors (Lipinski definition) is 0. The van der Waals surface area contributed by atoms with Crippen molar-refractivity contribution in [2.24, 2.45) is 0 Å². The molecule has 0 fully saturated rings. The van der Waals surface area contributed by atoms with Gasteiger partial charge in [0.1, 0.15) is 0 Å². The van der Waals surface area contributed by atoms with Gasteiger partial charge in [-0.2, -0.15) is 0 Å². The van der Waals surface area contributed by atoms with Crippen molar-refractivity contribution in [3.63, 3.8) is 0 Å². The van der Waals surface area contributed by atoms with Gasteiger partial charge >= 0.3 is 0 Å². The predicted octanol–water partition coefficient (Wildman–Crippen LogP) is -0.414. The summed E-state index contributed by atoms with van der Waals surface area (Å²) >= 11 is 3.38. The second-order valence-corrected chi connectivity index (χ2v) is 2.53. The zero-order valence-corrected chi connectivity index (χ0v) is 12.4. The fourth-order valence-electron chi connectivity index (χ4n) is 0.495. The molecule has 1 rings (SSSR count). The van der Waals surface area contributed by atoms with Crippen LogP contribution in [0, 0.1) is 5.92 Å². The summed E-state index contributed by atoms with van der Waals surface area (Å²) in [6, 6.07) is 0. The first-order valence-electron chi connectivity index (χ1n) is 2.43. The minimum Gasteiger partial charge on any atom is -1.00 e. The Bertz CT molecular complexity index is 180. The van der Waals surface area contributed by atoms with Crippen LogP contribution in [-0.2, 0) is 19.5 Å². The van der Waals surface area contributed by atoms with E-state index < -0.39 is 0 Å². The molecule has 10 heavy (non-hydrogen) atoms. The van der Waals surface area contributed by atoms with Crippen LogP contribution in [0.1, 0.15) is 6.92 Å². The van der Waals surface area contributed by atoms with Gasteiger partial charge in [0, 0.05) is 29.9 Å². The van der Waals surface area contributed by atoms with Crippen LogP contribution < -0.4 is 24.0 Å². The molecule has 0 heterocycles. The molecule has 1 radical (unpaired) electrons. The summed E-state index contributed by atoms with van der Waals surface area (Å²) in [5.41, 5.74) is 2.97. The Labute approximate surface area is 99.7 Å². The molecular formula is C7H6BrIZn-. The molecule has 0 aromatic rings. The summed E-state index contributed by atoms with van der Waals surface area (Å²) in [6.45, 7) is 2.04. The van der Waals surface area contributed by atoms with Crippen molar-refractivity contribution in [2.45, 2.75) is 6.92 Å². The summed E-state index contributed by atoms with van der Waals surface area (Å²) in [5, 5.41) is 0. The molecule has 0 saturated carbocycles. The Morgan fingerprint density at radius 3 is 2.40 bits per heavy atom. The van der Waals surface area contributed by atoms with Crippen molar-refractivity contribution >= 4 is 15.9 Å². The van der Waals surface area contributed by atoms with Gasteiger partial charge in [0.05, 0.1) is 0 Å². The van der Waals surface area contributed by atoms with Gasteiger partial charge in [0.2, 0.25) is 0 Å². The van der Waals surface area contributed by atoms with Crippen molar-refractivity contribution in [2.75, 3.05) is 0 Å². The first-order valence-corrected chi connectivity index (χ1v) is 3.22. The zero-order valence-electron chi connectivity index (χ0n) is 5.70. The quantitative estimate of drug-likeness (QED) is 0.312. The van der Waals surface area contributed by atoms with Crippen LogP contribution in [0.25, 0.3) is 0 Å². The SMILES string of the molecule is C[C]1C=C=CC=C1Br.[I-].[Zn]. The van der Waals surface area contributed by atoms with Gasteiger partial charge < -0.3 is 24.0 Å². The van der Waals surface area contributed by atoms with Crippen LogP contribution >= 0.6 is 15.9 Å². The summed E-state index contributed by atoms with van der Waals surface area (Å²) in [5.74, 6) is 1.23. The molecule has 3 heteroatoms. The Balaban J connectivity index is 0. The van der Waals surface area contributed by atoms with Crippen LogP contribution in [0.2, 0.25) is 0 Å². The maximum atomic E-state index is 3.38. The number of allylic oxidation sites excluding steroid dienone is 3. The van der Waals surface area contributed by atoms with E-state index in [-0.39, 0.29) is 43.5 Å². The maximum Gasteiger partial charge on any atom is 0.0385 e. The summed E-state index contributed by atoms with van der Waals surface area (Å²) in [6.07, 6.45) is 5.82. The number of rotatable bonds is 0. The third-order valence-electron chi connectivity index (χ3n) is 1.00. The van der Waals surface area contributed by atoms with Gasteiger partial charge in [-0.25, -0.2) is 0 Å². The molecule has 51 valence electrons. The van der Waals surface area contributed by atoms with Crippen LogP contribution in [0.4, 0.5) is 0 Å². The standard InChI is InChI=1S/C7H6Br.HI.Zn/c1-6-4-2-3-5-7(6)8;;/h3-5H,1H3;1H;/p-1. The summed E-state index contributed by atoms with van der Waals surface area (Å²) in [4.78, 5) is 0. The van der Waals surface area contributed by atoms with E-state index in [1.807, 2.05) is 25.2 Å². The predicted molar refractivity (Wildman–Crippen MR) is 38.6 cm³/mol. The second kappa shape index (κ2) is 6.78. The molecule has 0 amide bonds. The molecule has 0 aliphatic heterocycles. The summed E-state index contributed by atoms with van der Waals surface area (Å²) in [7, 11) is 0. The van der Waals surface area contributed by atoms with E-state index in [2.05, 4.69) is 21.7 Å². The molecule has 0 saturated heterocycles. The van der Waals surface area contributed by atoms with E-state index in [1.54, 1.807) is 0 Å². The molecular weight excluding hydrogens is 356 g/mol. The fraction of sp³-hybridized carbons (Fsp3) is 0.143. The Kier molecular flexibility index (Phi) is 9.27. The molecule has 0 aromatic carbocycles. The van der Waals surface area contributed by atoms with Crippen molar-refractivity contribution in [1.82, 2.24) is 0 Å². The molecule has 0 nitrogen and oxygen atoms in total. The third-order valence-corrected chi connectivity index (χ3v) is 1.89. The van der Waals surface area contributed by atoms with Crippen molar-refractivity contribution in [1.29, 1.82) is 0 Å². The number of halogens is 2. The molecule has 0 atom stereocenters. The molecule has 0 N–H and O–H groups in total. The van der Waals surface area contributed by atoms with Gasteiger partial charge in [-0.3, -0.25) is 0 Å². The van der Waals surface area contributed by atoms with Crippen LogP contribution in [0.5, 0.6) is 0 Å². The normalized spacial score (nSPS) is 15.2. The number of hydrogen-bond acceptors (Lipinski definition) is 0. The van der Waals surface area contributed by atoms with E-state index in [0.29, 0.717) is 0 Å². The fourth-order valence-corrected chi connectivity index (χ4v) is 0.741. The van der Waals surface area contributed by atoms with Crippen molar-refractivity contribution in [3.05, 3.63) is 34.4 Å². The molecule has 1 aliphatic carbocycles. The van der Waals surface area contributed by atoms with E-state index in [4.69, 9.17) is 0 Å². The van der Waals surface area contributed by atoms with Gasteiger partial charge in [0.25, 0.3) is 0 Å². The average Bonchev–Trinajstić information content (AvgIpc) is 1.77. The minimum atomic E-state index is 0. The van der Waals surface area contributed by atoms with Crippen molar-refractivity contribution < 1.29 is 43.5 Å². The van der Waals surface area contributed by atoms with Gasteiger partial charge in [-0.05, 0) is 25.2 Å². The first-order chi connectivity index (χ1) is 3.80. The molecule has 0 unspecified atom stereocenters. The second-order valence-electron chi connectivity index (χ2n) is 1.68. The first kappa shape index (κ1) is 13.7. The molecule has 0 bridgehead atoms. The van der Waals surface area contributed by atoms with Gasteiger partial charge in [0.15, 0.2) is 0 Å². The zero-order chi connectivity index (χ0) is 5.98. The van der Waals surface area contributed by atoms with E-state index in [1.165, 1.54) is 5.92 Å².